The summed E-state index contributed by atoms with van der Waals surface area (Å²) in [6, 6.07) is 14.9. The number of rotatable bonds is 11. The van der Waals surface area contributed by atoms with Gasteiger partial charge in [-0.2, -0.15) is 0 Å². The number of carbonyl (C=O) groups is 1. The van der Waals surface area contributed by atoms with E-state index in [0.29, 0.717) is 37.6 Å². The number of anilines is 1. The maximum absolute atomic E-state index is 12.0. The van der Waals surface area contributed by atoms with Crippen molar-refractivity contribution in [2.24, 2.45) is 0 Å². The molecule has 2 aromatic rings. The van der Waals surface area contributed by atoms with E-state index >= 15 is 0 Å². The minimum absolute atomic E-state index is 0.0340. The summed E-state index contributed by atoms with van der Waals surface area (Å²) >= 11 is 0. The highest BCUT2D eigenvalue weighted by atomic mass is 16.5. The fourth-order valence-electron chi connectivity index (χ4n) is 2.35. The van der Waals surface area contributed by atoms with Gasteiger partial charge in [0.2, 0.25) is 5.91 Å². The van der Waals surface area contributed by atoms with E-state index in [2.05, 4.69) is 12.2 Å². The van der Waals surface area contributed by atoms with Gasteiger partial charge in [-0.3, -0.25) is 4.79 Å². The molecule has 1 amide bonds. The minimum Gasteiger partial charge on any atom is -0.494 e. The summed E-state index contributed by atoms with van der Waals surface area (Å²) < 4.78 is 16.5. The van der Waals surface area contributed by atoms with Gasteiger partial charge < -0.3 is 19.5 Å². The average Bonchev–Trinajstić information content (AvgIpc) is 2.67. The van der Waals surface area contributed by atoms with E-state index in [0.717, 1.165) is 24.3 Å². The van der Waals surface area contributed by atoms with Gasteiger partial charge in [-0.1, -0.05) is 25.5 Å². The summed E-state index contributed by atoms with van der Waals surface area (Å²) in [6.07, 6.45) is 3.16. The van der Waals surface area contributed by atoms with Gasteiger partial charge in [0.05, 0.1) is 20.3 Å². The minimum atomic E-state index is -0.0340. The summed E-state index contributed by atoms with van der Waals surface area (Å²) in [6.45, 7) is 3.30. The molecule has 0 spiro atoms. The second-order valence-electron chi connectivity index (χ2n) is 5.88. The van der Waals surface area contributed by atoms with Crippen molar-refractivity contribution < 1.29 is 19.0 Å². The second kappa shape index (κ2) is 11.0. The first kappa shape index (κ1) is 19.6. The van der Waals surface area contributed by atoms with Gasteiger partial charge in [0, 0.05) is 12.1 Å². The third kappa shape index (κ3) is 6.67. The molecule has 2 aromatic carbocycles. The number of hydrogen-bond acceptors (Lipinski definition) is 4. The van der Waals surface area contributed by atoms with E-state index in [-0.39, 0.29) is 5.91 Å². The van der Waals surface area contributed by atoms with Crippen LogP contribution < -0.4 is 19.5 Å². The van der Waals surface area contributed by atoms with Crippen LogP contribution in [0.3, 0.4) is 0 Å². The zero-order valence-electron chi connectivity index (χ0n) is 15.5. The van der Waals surface area contributed by atoms with E-state index in [1.165, 1.54) is 0 Å². The number of para-hydroxylation sites is 2. The van der Waals surface area contributed by atoms with Gasteiger partial charge >= 0.3 is 0 Å². The second-order valence-corrected chi connectivity index (χ2v) is 5.88. The number of amides is 1. The van der Waals surface area contributed by atoms with Crippen molar-refractivity contribution in [1.29, 1.82) is 0 Å². The molecule has 0 bridgehead atoms. The van der Waals surface area contributed by atoms with Crippen LogP contribution in [-0.2, 0) is 4.79 Å². The molecule has 0 aromatic heterocycles. The summed E-state index contributed by atoms with van der Waals surface area (Å²) in [7, 11) is 1.61. The van der Waals surface area contributed by atoms with Crippen LogP contribution in [0.1, 0.15) is 32.6 Å². The monoisotopic (exact) mass is 357 g/mol. The number of carbonyl (C=O) groups excluding carboxylic acids is 1. The molecule has 0 fully saturated rings. The first-order chi connectivity index (χ1) is 12.7. The summed E-state index contributed by atoms with van der Waals surface area (Å²) in [5.74, 6) is 2.17. The van der Waals surface area contributed by atoms with Crippen molar-refractivity contribution in [3.05, 3.63) is 48.5 Å². The van der Waals surface area contributed by atoms with Crippen molar-refractivity contribution >= 4 is 11.6 Å². The third-order valence-corrected chi connectivity index (χ3v) is 3.78. The Labute approximate surface area is 155 Å². The number of nitrogens with one attached hydrogen (secondary N) is 1. The molecule has 5 heteroatoms. The Bertz CT molecular complexity index is 670. The first-order valence-electron chi connectivity index (χ1n) is 9.01. The average molecular weight is 357 g/mol. The van der Waals surface area contributed by atoms with E-state index in [1.807, 2.05) is 48.5 Å². The molecule has 0 atom stereocenters. The summed E-state index contributed by atoms with van der Waals surface area (Å²) in [4.78, 5) is 12.0. The summed E-state index contributed by atoms with van der Waals surface area (Å²) in [5.41, 5.74) is 0.767. The van der Waals surface area contributed by atoms with Gasteiger partial charge in [-0.05, 0) is 49.2 Å². The molecule has 0 saturated heterocycles. The summed E-state index contributed by atoms with van der Waals surface area (Å²) in [5, 5.41) is 2.88. The fourth-order valence-corrected chi connectivity index (χ4v) is 2.35. The van der Waals surface area contributed by atoms with Crippen LogP contribution in [-0.4, -0.2) is 26.2 Å². The number of methoxy groups -OCH3 is 1. The topological polar surface area (TPSA) is 56.8 Å². The zero-order chi connectivity index (χ0) is 18.6. The van der Waals surface area contributed by atoms with Crippen molar-refractivity contribution in [3.63, 3.8) is 0 Å². The quantitative estimate of drug-likeness (QED) is 0.594. The number of ether oxygens (including phenoxy) is 3. The molecule has 2 rings (SSSR count). The Kier molecular flexibility index (Phi) is 8.33. The Morgan fingerprint density at radius 1 is 0.923 bits per heavy atom. The Morgan fingerprint density at radius 2 is 1.62 bits per heavy atom. The maximum Gasteiger partial charge on any atom is 0.224 e. The first-order valence-corrected chi connectivity index (χ1v) is 9.01. The Balaban J connectivity index is 1.68. The van der Waals surface area contributed by atoms with Crippen LogP contribution in [0.4, 0.5) is 5.69 Å². The lowest BCUT2D eigenvalue weighted by atomic mass is 10.2. The lowest BCUT2D eigenvalue weighted by molar-refractivity contribution is -0.116. The molecule has 26 heavy (non-hydrogen) atoms. The van der Waals surface area contributed by atoms with Gasteiger partial charge in [0.25, 0.3) is 0 Å². The van der Waals surface area contributed by atoms with Gasteiger partial charge in [0.1, 0.15) is 5.75 Å². The molecule has 0 aliphatic carbocycles. The molecular formula is C21H27NO4. The lowest BCUT2D eigenvalue weighted by Gasteiger charge is -2.10. The molecule has 0 aliphatic heterocycles. The van der Waals surface area contributed by atoms with Crippen molar-refractivity contribution in [2.75, 3.05) is 25.6 Å². The molecule has 140 valence electrons. The molecule has 0 unspecified atom stereocenters. The zero-order valence-corrected chi connectivity index (χ0v) is 15.5. The third-order valence-electron chi connectivity index (χ3n) is 3.78. The Hall–Kier alpha value is -2.69. The molecule has 0 heterocycles. The van der Waals surface area contributed by atoms with Crippen LogP contribution in [0.15, 0.2) is 48.5 Å². The molecule has 0 saturated carbocycles. The molecular weight excluding hydrogens is 330 g/mol. The van der Waals surface area contributed by atoms with Gasteiger partial charge in [0.15, 0.2) is 11.5 Å². The normalized spacial score (nSPS) is 10.2. The molecule has 5 nitrogen and oxygen atoms in total. The van der Waals surface area contributed by atoms with E-state index in [4.69, 9.17) is 14.2 Å². The van der Waals surface area contributed by atoms with Crippen LogP contribution in [0, 0.1) is 0 Å². The number of benzene rings is 2. The smallest absolute Gasteiger partial charge is 0.224 e. The highest BCUT2D eigenvalue weighted by Gasteiger charge is 2.05. The highest BCUT2D eigenvalue weighted by molar-refractivity contribution is 5.90. The van der Waals surface area contributed by atoms with Gasteiger partial charge in [-0.25, -0.2) is 0 Å². The van der Waals surface area contributed by atoms with E-state index in [9.17, 15) is 4.79 Å². The van der Waals surface area contributed by atoms with Crippen LogP contribution in [0.2, 0.25) is 0 Å². The van der Waals surface area contributed by atoms with Crippen molar-refractivity contribution in [2.45, 2.75) is 32.6 Å². The fraction of sp³-hybridized carbons (Fsp3) is 0.381. The SMILES string of the molecule is CCCCOc1ccc(NC(=O)CCCOc2ccccc2OC)cc1. The molecule has 1 N–H and O–H groups in total. The van der Waals surface area contributed by atoms with Crippen LogP contribution in [0.5, 0.6) is 17.2 Å². The van der Waals surface area contributed by atoms with Crippen molar-refractivity contribution in [1.82, 2.24) is 0 Å². The Morgan fingerprint density at radius 3 is 2.31 bits per heavy atom. The number of hydrogen-bond donors (Lipinski definition) is 1. The van der Waals surface area contributed by atoms with E-state index < -0.39 is 0 Å². The van der Waals surface area contributed by atoms with Crippen LogP contribution in [0.25, 0.3) is 0 Å². The van der Waals surface area contributed by atoms with E-state index in [1.54, 1.807) is 7.11 Å². The molecule has 0 aliphatic rings. The predicted molar refractivity (Wildman–Crippen MR) is 103 cm³/mol. The number of unbranched alkanes of at least 4 members (excludes halogenated alkanes) is 1. The lowest BCUT2D eigenvalue weighted by Crippen LogP contribution is -2.12. The van der Waals surface area contributed by atoms with Crippen molar-refractivity contribution in [3.8, 4) is 17.2 Å². The van der Waals surface area contributed by atoms with Gasteiger partial charge in [-0.15, -0.1) is 0 Å². The standard InChI is InChI=1S/C21H27NO4/c1-3-4-15-25-18-13-11-17(12-14-18)22-21(23)10-7-16-26-20-9-6-5-8-19(20)24-2/h5-6,8-9,11-14H,3-4,7,10,15-16H2,1-2H3,(H,22,23). The van der Waals surface area contributed by atoms with Crippen LogP contribution >= 0.6 is 0 Å². The largest absolute Gasteiger partial charge is 0.494 e. The highest BCUT2D eigenvalue weighted by Crippen LogP contribution is 2.25. The maximum atomic E-state index is 12.0. The molecule has 0 radical (unpaired) electrons. The predicted octanol–water partition coefficient (Wildman–Crippen LogP) is 4.67.